The van der Waals surface area contributed by atoms with Gasteiger partial charge in [-0.2, -0.15) is 0 Å². The first-order chi connectivity index (χ1) is 14.6. The molecule has 0 radical (unpaired) electrons. The van der Waals surface area contributed by atoms with E-state index in [2.05, 4.69) is 20.6 Å². The van der Waals surface area contributed by atoms with Gasteiger partial charge in [-0.05, 0) is 25.8 Å². The van der Waals surface area contributed by atoms with Crippen molar-refractivity contribution < 1.29 is 14.3 Å². The lowest BCUT2D eigenvalue weighted by molar-refractivity contribution is -0.120. The number of rotatable bonds is 1. The molecule has 1 amide bonds. The minimum absolute atomic E-state index is 0.0107. The van der Waals surface area contributed by atoms with E-state index in [1.165, 1.54) is 6.33 Å². The Morgan fingerprint density at radius 3 is 3.00 bits per heavy atom. The number of benzene rings is 1. The number of allylic oxidation sites excluding steroid dienone is 2. The van der Waals surface area contributed by atoms with E-state index < -0.39 is 0 Å². The Hall–Kier alpha value is -2.71. The Balaban J connectivity index is 1.88. The number of hydrogen-bond donors (Lipinski definition) is 2. The first-order valence-corrected chi connectivity index (χ1v) is 10.3. The van der Waals surface area contributed by atoms with Gasteiger partial charge in [-0.1, -0.05) is 17.7 Å². The zero-order valence-electron chi connectivity index (χ0n) is 16.9. The Morgan fingerprint density at radius 2 is 2.17 bits per heavy atom. The third-order valence-corrected chi connectivity index (χ3v) is 5.73. The molecule has 2 atom stereocenters. The summed E-state index contributed by atoms with van der Waals surface area (Å²) >= 11 is 6.57. The smallest absolute Gasteiger partial charge is 0.234 e. The Kier molecular flexibility index (Phi) is 6.15. The maximum absolute atomic E-state index is 12.2. The second-order valence-corrected chi connectivity index (χ2v) is 7.73. The molecule has 0 saturated heterocycles. The maximum atomic E-state index is 12.2. The molecule has 158 valence electrons. The van der Waals surface area contributed by atoms with Crippen molar-refractivity contribution in [3.05, 3.63) is 29.6 Å². The molecule has 2 aromatic rings. The van der Waals surface area contributed by atoms with Crippen LogP contribution < -0.4 is 20.1 Å². The van der Waals surface area contributed by atoms with Gasteiger partial charge in [0.2, 0.25) is 5.91 Å². The number of halogens is 1. The van der Waals surface area contributed by atoms with E-state index in [1.54, 1.807) is 13.2 Å². The van der Waals surface area contributed by atoms with Crippen molar-refractivity contribution in [3.8, 4) is 11.5 Å². The molecule has 2 N–H and O–H groups in total. The predicted octanol–water partition coefficient (Wildman–Crippen LogP) is 2.73. The van der Waals surface area contributed by atoms with Crippen LogP contribution in [0.5, 0.6) is 11.5 Å². The third-order valence-electron chi connectivity index (χ3n) is 5.38. The number of aromatic nitrogens is 2. The quantitative estimate of drug-likeness (QED) is 0.723. The van der Waals surface area contributed by atoms with Crippen molar-refractivity contribution in [2.45, 2.75) is 25.8 Å². The van der Waals surface area contributed by atoms with Gasteiger partial charge in [-0.15, -0.1) is 0 Å². The summed E-state index contributed by atoms with van der Waals surface area (Å²) in [5.41, 5.74) is 1.40. The summed E-state index contributed by atoms with van der Waals surface area (Å²) in [6, 6.07) is 3.62. The molecular formula is C21H24ClN5O3. The summed E-state index contributed by atoms with van der Waals surface area (Å²) in [5, 5.41) is 7.48. The van der Waals surface area contributed by atoms with Crippen molar-refractivity contribution >= 4 is 39.9 Å². The lowest BCUT2D eigenvalue weighted by Gasteiger charge is -2.28. The van der Waals surface area contributed by atoms with Crippen molar-refractivity contribution in [3.63, 3.8) is 0 Å². The highest BCUT2D eigenvalue weighted by Gasteiger charge is 2.28. The normalized spacial score (nSPS) is 24.4. The highest BCUT2D eigenvalue weighted by molar-refractivity contribution is 6.44. The lowest BCUT2D eigenvalue weighted by Crippen LogP contribution is -2.44. The number of nitrogens with one attached hydrogen (secondary N) is 2. The minimum atomic E-state index is -0.0848. The lowest BCUT2D eigenvalue weighted by atomic mass is 9.86. The van der Waals surface area contributed by atoms with Gasteiger partial charge in [0.15, 0.2) is 5.82 Å². The van der Waals surface area contributed by atoms with E-state index >= 15 is 0 Å². The molecule has 0 saturated carbocycles. The number of aliphatic imine (C=N–C) groups is 1. The summed E-state index contributed by atoms with van der Waals surface area (Å²) in [6.07, 6.45) is 5.18. The van der Waals surface area contributed by atoms with Gasteiger partial charge in [0.1, 0.15) is 29.9 Å². The molecule has 1 aromatic heterocycles. The summed E-state index contributed by atoms with van der Waals surface area (Å²) in [6.45, 7) is 2.98. The SMILES string of the molecule is COc1cc2cc3c(ncnc13)/N=C1/C(Cl)=CCCC1C(C)NCC(=O)NCCO2. The number of nitrogens with zero attached hydrogens (tertiary/aromatic N) is 3. The third kappa shape index (κ3) is 4.24. The fourth-order valence-electron chi connectivity index (χ4n) is 3.79. The van der Waals surface area contributed by atoms with Gasteiger partial charge in [-0.3, -0.25) is 4.79 Å². The summed E-state index contributed by atoms with van der Waals surface area (Å²) < 4.78 is 11.3. The van der Waals surface area contributed by atoms with Gasteiger partial charge in [0.05, 0.1) is 36.3 Å². The van der Waals surface area contributed by atoms with E-state index in [4.69, 9.17) is 26.1 Å². The zero-order chi connectivity index (χ0) is 21.1. The molecule has 2 aliphatic rings. The largest absolute Gasteiger partial charge is 0.494 e. The second-order valence-electron chi connectivity index (χ2n) is 7.32. The van der Waals surface area contributed by atoms with Crippen LogP contribution in [-0.4, -0.2) is 54.4 Å². The summed E-state index contributed by atoms with van der Waals surface area (Å²) in [7, 11) is 1.58. The van der Waals surface area contributed by atoms with Gasteiger partial charge in [-0.25, -0.2) is 15.0 Å². The number of carbonyl (C=O) groups excluding carboxylic acids is 1. The number of ether oxygens (including phenoxy) is 2. The van der Waals surface area contributed by atoms with Crippen LogP contribution in [0.25, 0.3) is 10.9 Å². The van der Waals surface area contributed by atoms with Gasteiger partial charge >= 0.3 is 0 Å². The van der Waals surface area contributed by atoms with Crippen LogP contribution >= 0.6 is 11.6 Å². The molecule has 4 rings (SSSR count). The van der Waals surface area contributed by atoms with Crippen LogP contribution in [-0.2, 0) is 4.79 Å². The van der Waals surface area contributed by atoms with E-state index in [0.29, 0.717) is 46.4 Å². The molecular weight excluding hydrogens is 406 g/mol. The van der Waals surface area contributed by atoms with E-state index in [9.17, 15) is 4.79 Å². The standard InChI is InChI=1S/C21H24ClN5O3/c1-12-14-4-3-5-16(22)19(14)27-21-15-8-13(30-7-6-23-18(28)10-24-12)9-17(29-2)20(15)25-11-26-21/h5,8-9,11-12,14,24H,3-4,6-7,10H2,1-2H3,(H,23,28)/b27-19+. The minimum Gasteiger partial charge on any atom is -0.494 e. The van der Waals surface area contributed by atoms with Crippen LogP contribution in [0, 0.1) is 5.92 Å². The van der Waals surface area contributed by atoms with Gasteiger partial charge in [0, 0.05) is 18.0 Å². The average molecular weight is 430 g/mol. The highest BCUT2D eigenvalue weighted by atomic mass is 35.5. The van der Waals surface area contributed by atoms with Crippen LogP contribution in [0.4, 0.5) is 5.82 Å². The fraction of sp³-hybridized carbons (Fsp3) is 0.429. The van der Waals surface area contributed by atoms with Gasteiger partial charge in [0.25, 0.3) is 0 Å². The summed E-state index contributed by atoms with van der Waals surface area (Å²) in [5.74, 6) is 1.63. The molecule has 2 heterocycles. The number of amides is 1. The van der Waals surface area contributed by atoms with E-state index in [-0.39, 0.29) is 24.4 Å². The first-order valence-electron chi connectivity index (χ1n) is 9.97. The molecule has 0 fully saturated rings. The predicted molar refractivity (Wildman–Crippen MR) is 116 cm³/mol. The number of methoxy groups -OCH3 is 1. The van der Waals surface area contributed by atoms with Crippen molar-refractivity contribution in [1.29, 1.82) is 0 Å². The maximum Gasteiger partial charge on any atom is 0.234 e. The summed E-state index contributed by atoms with van der Waals surface area (Å²) in [4.78, 5) is 25.8. The van der Waals surface area contributed by atoms with Crippen LogP contribution in [0.1, 0.15) is 19.8 Å². The van der Waals surface area contributed by atoms with Crippen molar-refractivity contribution in [2.75, 3.05) is 26.8 Å². The molecule has 2 unspecified atom stereocenters. The molecule has 30 heavy (non-hydrogen) atoms. The van der Waals surface area contributed by atoms with Crippen LogP contribution in [0.2, 0.25) is 0 Å². The van der Waals surface area contributed by atoms with Crippen molar-refractivity contribution in [1.82, 2.24) is 20.6 Å². The Bertz CT molecular complexity index is 1020. The average Bonchev–Trinajstić information content (AvgIpc) is 2.75. The van der Waals surface area contributed by atoms with Crippen molar-refractivity contribution in [2.24, 2.45) is 10.9 Å². The number of fused-ring (bicyclic) bond motifs is 2. The molecule has 1 aliphatic carbocycles. The first kappa shape index (κ1) is 20.6. The monoisotopic (exact) mass is 429 g/mol. The molecule has 2 bridgehead atoms. The number of carbonyl (C=O) groups is 1. The van der Waals surface area contributed by atoms with Gasteiger partial charge < -0.3 is 20.1 Å². The molecule has 1 aliphatic heterocycles. The topological polar surface area (TPSA) is 97.7 Å². The second kappa shape index (κ2) is 8.97. The van der Waals surface area contributed by atoms with Crippen LogP contribution in [0.15, 0.2) is 34.6 Å². The molecule has 8 nitrogen and oxygen atoms in total. The molecule has 1 aromatic carbocycles. The highest BCUT2D eigenvalue weighted by Crippen LogP contribution is 2.36. The number of hydrogen-bond acceptors (Lipinski definition) is 7. The molecule has 0 spiro atoms. The Morgan fingerprint density at radius 1 is 1.30 bits per heavy atom. The van der Waals surface area contributed by atoms with E-state index in [1.807, 2.05) is 19.1 Å². The van der Waals surface area contributed by atoms with E-state index in [0.717, 1.165) is 18.6 Å². The fourth-order valence-corrected chi connectivity index (χ4v) is 4.08. The van der Waals surface area contributed by atoms with Crippen LogP contribution in [0.3, 0.4) is 0 Å². The zero-order valence-corrected chi connectivity index (χ0v) is 17.7. The Labute approximate surface area is 179 Å². The molecule has 9 heteroatoms.